The number of amides is 1. The SMILES string of the molecule is Cc1cc(C(F)(F)F)nc(CCNC(=O)[C@@]2(Cc3cscn3)C[C@H]3CC[C@@H]2N3)n1. The van der Waals surface area contributed by atoms with Gasteiger partial charge >= 0.3 is 6.18 Å². The smallest absolute Gasteiger partial charge is 0.355 e. The molecule has 6 nitrogen and oxygen atoms in total. The fourth-order valence-electron chi connectivity index (χ4n) is 4.52. The van der Waals surface area contributed by atoms with E-state index in [2.05, 4.69) is 25.6 Å². The molecule has 156 valence electrons. The molecule has 2 bridgehead atoms. The highest BCUT2D eigenvalue weighted by Crippen LogP contribution is 2.45. The number of hydrogen-bond donors (Lipinski definition) is 2. The zero-order chi connectivity index (χ0) is 20.6. The minimum Gasteiger partial charge on any atom is -0.355 e. The summed E-state index contributed by atoms with van der Waals surface area (Å²) < 4.78 is 38.8. The van der Waals surface area contributed by atoms with Crippen molar-refractivity contribution in [1.29, 1.82) is 0 Å². The largest absolute Gasteiger partial charge is 0.433 e. The first-order chi connectivity index (χ1) is 13.8. The normalized spacial score (nSPS) is 26.1. The van der Waals surface area contributed by atoms with Crippen LogP contribution in [-0.2, 0) is 23.8 Å². The first-order valence-corrected chi connectivity index (χ1v) is 10.5. The molecule has 2 aliphatic heterocycles. The molecule has 3 atom stereocenters. The lowest BCUT2D eigenvalue weighted by Gasteiger charge is -2.34. The number of halogens is 3. The van der Waals surface area contributed by atoms with Gasteiger partial charge in [-0.05, 0) is 32.3 Å². The Morgan fingerprint density at radius 2 is 2.21 bits per heavy atom. The monoisotopic (exact) mass is 425 g/mol. The lowest BCUT2D eigenvalue weighted by molar-refractivity contribution is -0.141. The number of alkyl halides is 3. The van der Waals surface area contributed by atoms with E-state index in [0.717, 1.165) is 31.0 Å². The summed E-state index contributed by atoms with van der Waals surface area (Å²) in [6.07, 6.45) is -1.05. The van der Waals surface area contributed by atoms with Crippen molar-refractivity contribution >= 4 is 17.2 Å². The van der Waals surface area contributed by atoms with Crippen molar-refractivity contribution in [2.24, 2.45) is 5.41 Å². The van der Waals surface area contributed by atoms with Gasteiger partial charge in [-0.1, -0.05) is 0 Å². The Hall–Kier alpha value is -2.07. The quantitative estimate of drug-likeness (QED) is 0.744. The molecule has 0 spiro atoms. The van der Waals surface area contributed by atoms with Gasteiger partial charge in [0.25, 0.3) is 0 Å². The number of fused-ring (bicyclic) bond motifs is 2. The predicted molar refractivity (Wildman–Crippen MR) is 101 cm³/mol. The van der Waals surface area contributed by atoms with Gasteiger partial charge in [0.1, 0.15) is 11.5 Å². The summed E-state index contributed by atoms with van der Waals surface area (Å²) in [5, 5.41) is 8.40. The van der Waals surface area contributed by atoms with Gasteiger partial charge in [0.15, 0.2) is 0 Å². The number of rotatable bonds is 6. The lowest BCUT2D eigenvalue weighted by atomic mass is 9.70. The molecule has 10 heteroatoms. The number of thiazole rings is 1. The van der Waals surface area contributed by atoms with Gasteiger partial charge in [0.2, 0.25) is 5.91 Å². The summed E-state index contributed by atoms with van der Waals surface area (Å²) in [7, 11) is 0. The van der Waals surface area contributed by atoms with E-state index < -0.39 is 17.3 Å². The Kier molecular flexibility index (Phi) is 5.32. The van der Waals surface area contributed by atoms with Gasteiger partial charge in [-0.2, -0.15) is 13.2 Å². The average Bonchev–Trinajstić information content (AvgIpc) is 3.38. The number of carbonyl (C=O) groups is 1. The van der Waals surface area contributed by atoms with Crippen LogP contribution in [0.3, 0.4) is 0 Å². The molecule has 1 amide bonds. The van der Waals surface area contributed by atoms with Crippen LogP contribution < -0.4 is 10.6 Å². The van der Waals surface area contributed by atoms with Gasteiger partial charge in [-0.3, -0.25) is 4.79 Å². The second-order valence-electron chi connectivity index (χ2n) is 7.82. The Morgan fingerprint density at radius 1 is 1.38 bits per heavy atom. The molecule has 0 radical (unpaired) electrons. The van der Waals surface area contributed by atoms with Crippen molar-refractivity contribution in [2.75, 3.05) is 6.54 Å². The minimum absolute atomic E-state index is 0.0751. The molecular formula is C19H22F3N5OS. The van der Waals surface area contributed by atoms with Crippen molar-refractivity contribution in [2.45, 2.75) is 57.3 Å². The van der Waals surface area contributed by atoms with E-state index in [1.54, 1.807) is 5.51 Å². The van der Waals surface area contributed by atoms with Crippen molar-refractivity contribution in [1.82, 2.24) is 25.6 Å². The molecule has 0 saturated carbocycles. The summed E-state index contributed by atoms with van der Waals surface area (Å²) in [6.45, 7) is 1.69. The van der Waals surface area contributed by atoms with Gasteiger partial charge < -0.3 is 10.6 Å². The third-order valence-corrected chi connectivity index (χ3v) is 6.41. The highest BCUT2D eigenvalue weighted by atomic mass is 32.1. The Morgan fingerprint density at radius 3 is 2.83 bits per heavy atom. The maximum Gasteiger partial charge on any atom is 0.433 e. The van der Waals surface area contributed by atoms with Gasteiger partial charge in [-0.25, -0.2) is 15.0 Å². The Bertz CT molecular complexity index is 888. The van der Waals surface area contributed by atoms with Crippen LogP contribution in [0, 0.1) is 12.3 Å². The molecule has 2 fully saturated rings. The zero-order valence-corrected chi connectivity index (χ0v) is 16.7. The van der Waals surface area contributed by atoms with Crippen molar-refractivity contribution < 1.29 is 18.0 Å². The fourth-order valence-corrected chi connectivity index (χ4v) is 5.08. The topological polar surface area (TPSA) is 79.8 Å². The van der Waals surface area contributed by atoms with E-state index >= 15 is 0 Å². The molecule has 0 aliphatic carbocycles. The number of nitrogens with one attached hydrogen (secondary N) is 2. The van der Waals surface area contributed by atoms with Crippen molar-refractivity contribution in [3.8, 4) is 0 Å². The van der Waals surface area contributed by atoms with Crippen LogP contribution in [0.15, 0.2) is 17.0 Å². The zero-order valence-electron chi connectivity index (χ0n) is 15.9. The fraction of sp³-hybridized carbons (Fsp3) is 0.579. The number of nitrogens with zero attached hydrogens (tertiary/aromatic N) is 3. The maximum absolute atomic E-state index is 13.2. The molecule has 2 aromatic heterocycles. The predicted octanol–water partition coefficient (Wildman–Crippen LogP) is 2.67. The van der Waals surface area contributed by atoms with Gasteiger partial charge in [0.05, 0.1) is 16.6 Å². The summed E-state index contributed by atoms with van der Waals surface area (Å²) in [6, 6.07) is 1.35. The van der Waals surface area contributed by atoms with Crippen LogP contribution >= 0.6 is 11.3 Å². The highest BCUT2D eigenvalue weighted by Gasteiger charge is 2.55. The third-order valence-electron chi connectivity index (χ3n) is 5.78. The first-order valence-electron chi connectivity index (χ1n) is 9.59. The van der Waals surface area contributed by atoms with Crippen LogP contribution in [0.4, 0.5) is 13.2 Å². The maximum atomic E-state index is 13.2. The second-order valence-corrected chi connectivity index (χ2v) is 8.54. The molecule has 4 heterocycles. The number of aromatic nitrogens is 3. The van der Waals surface area contributed by atoms with Gasteiger partial charge in [-0.15, -0.1) is 11.3 Å². The van der Waals surface area contributed by atoms with Crippen LogP contribution in [-0.4, -0.2) is 39.5 Å². The van der Waals surface area contributed by atoms with Crippen LogP contribution in [0.1, 0.15) is 42.2 Å². The molecular weight excluding hydrogens is 403 g/mol. The number of aryl methyl sites for hydroxylation is 1. The molecule has 2 aliphatic rings. The molecule has 0 unspecified atom stereocenters. The molecule has 29 heavy (non-hydrogen) atoms. The Balaban J connectivity index is 1.44. The van der Waals surface area contributed by atoms with Crippen LogP contribution in [0.5, 0.6) is 0 Å². The number of hydrogen-bond acceptors (Lipinski definition) is 6. The van der Waals surface area contributed by atoms with Crippen molar-refractivity contribution in [3.05, 3.63) is 39.9 Å². The van der Waals surface area contributed by atoms with E-state index in [1.165, 1.54) is 18.3 Å². The molecule has 2 N–H and O–H groups in total. The Labute approximate surface area is 170 Å². The average molecular weight is 425 g/mol. The van der Waals surface area contributed by atoms with Crippen molar-refractivity contribution in [3.63, 3.8) is 0 Å². The summed E-state index contributed by atoms with van der Waals surface area (Å²) in [5.74, 6) is 0.00569. The minimum atomic E-state index is -4.52. The summed E-state index contributed by atoms with van der Waals surface area (Å²) in [5.41, 5.74) is 1.39. The van der Waals surface area contributed by atoms with E-state index in [0.29, 0.717) is 12.5 Å². The molecule has 2 saturated heterocycles. The molecule has 4 rings (SSSR count). The van der Waals surface area contributed by atoms with E-state index in [4.69, 9.17) is 0 Å². The van der Waals surface area contributed by atoms with E-state index in [9.17, 15) is 18.0 Å². The van der Waals surface area contributed by atoms with Crippen LogP contribution in [0.2, 0.25) is 0 Å². The standard InChI is InChI=1S/C19H22F3N5OS/c1-11-6-15(19(20,21)22)27-16(25-11)4-5-23-17(28)18(8-13-9-29-10-24-13)7-12-2-3-14(18)26-12/h6,9-10,12,14,26H,2-5,7-8H2,1H3,(H,23,28)/t12-,14+,18-/m1/s1. The summed E-state index contributed by atoms with van der Waals surface area (Å²) in [4.78, 5) is 25.2. The first kappa shape index (κ1) is 20.2. The molecule has 2 aromatic rings. The van der Waals surface area contributed by atoms with Gasteiger partial charge in [0, 0.05) is 42.5 Å². The van der Waals surface area contributed by atoms with E-state index in [1.807, 2.05) is 5.38 Å². The highest BCUT2D eigenvalue weighted by molar-refractivity contribution is 7.07. The second kappa shape index (κ2) is 7.64. The van der Waals surface area contributed by atoms with E-state index in [-0.39, 0.29) is 36.4 Å². The third kappa shape index (κ3) is 4.13. The number of carbonyl (C=O) groups excluding carboxylic acids is 1. The summed E-state index contributed by atoms with van der Waals surface area (Å²) >= 11 is 1.50. The molecule has 0 aromatic carbocycles. The lowest BCUT2D eigenvalue weighted by Crippen LogP contribution is -2.50. The van der Waals surface area contributed by atoms with Crippen LogP contribution in [0.25, 0.3) is 0 Å².